The highest BCUT2D eigenvalue weighted by atomic mass is 32.1. The third-order valence-corrected chi connectivity index (χ3v) is 5.09. The number of nitrogens with one attached hydrogen (secondary N) is 2. The van der Waals surface area contributed by atoms with Crippen molar-refractivity contribution in [1.82, 2.24) is 15.5 Å². The molecule has 7 heteroatoms. The van der Waals surface area contributed by atoms with Crippen LogP contribution in [0.15, 0.2) is 52.4 Å². The summed E-state index contributed by atoms with van der Waals surface area (Å²) in [5, 5.41) is 12.4. The summed E-state index contributed by atoms with van der Waals surface area (Å²) in [7, 11) is 0. The van der Waals surface area contributed by atoms with Gasteiger partial charge < -0.3 is 15.2 Å². The Kier molecular flexibility index (Phi) is 6.59. The fourth-order valence-corrected chi connectivity index (χ4v) is 3.25. The Hall–Kier alpha value is -2.67. The van der Waals surface area contributed by atoms with Gasteiger partial charge in [-0.3, -0.25) is 4.79 Å². The molecule has 0 spiro atoms. The lowest BCUT2D eigenvalue weighted by Gasteiger charge is -2.24. The van der Waals surface area contributed by atoms with Crippen LogP contribution in [-0.2, 0) is 11.2 Å². The summed E-state index contributed by atoms with van der Waals surface area (Å²) >= 11 is 1.56. The summed E-state index contributed by atoms with van der Waals surface area (Å²) < 4.78 is 5.23. The molecule has 1 amide bonds. The molecule has 27 heavy (non-hydrogen) atoms. The molecule has 0 saturated heterocycles. The second kappa shape index (κ2) is 9.32. The van der Waals surface area contributed by atoms with Crippen molar-refractivity contribution in [1.29, 1.82) is 0 Å². The first-order valence-electron chi connectivity index (χ1n) is 9.06. The number of carbonyl (C=O) groups is 1. The Morgan fingerprint density at radius 1 is 1.19 bits per heavy atom. The number of amides is 1. The predicted octanol–water partition coefficient (Wildman–Crippen LogP) is 3.98. The van der Waals surface area contributed by atoms with Gasteiger partial charge in [0.15, 0.2) is 0 Å². The number of para-hydroxylation sites is 1. The van der Waals surface area contributed by atoms with Crippen molar-refractivity contribution in [3.8, 4) is 10.7 Å². The highest BCUT2D eigenvalue weighted by molar-refractivity contribution is 7.13. The van der Waals surface area contributed by atoms with Crippen molar-refractivity contribution in [3.63, 3.8) is 0 Å². The quantitative estimate of drug-likeness (QED) is 0.583. The Morgan fingerprint density at radius 3 is 2.70 bits per heavy atom. The molecule has 0 fully saturated rings. The van der Waals surface area contributed by atoms with Crippen molar-refractivity contribution in [2.24, 2.45) is 5.92 Å². The Labute approximate surface area is 163 Å². The number of benzene rings is 1. The number of aryl methyl sites for hydroxylation is 1. The van der Waals surface area contributed by atoms with Crippen molar-refractivity contribution < 1.29 is 9.32 Å². The molecule has 2 aromatic heterocycles. The van der Waals surface area contributed by atoms with Gasteiger partial charge in [-0.2, -0.15) is 4.98 Å². The van der Waals surface area contributed by atoms with E-state index in [1.54, 1.807) is 11.3 Å². The van der Waals surface area contributed by atoms with Gasteiger partial charge in [-0.1, -0.05) is 43.3 Å². The van der Waals surface area contributed by atoms with Crippen LogP contribution in [0.2, 0.25) is 0 Å². The molecule has 1 aromatic carbocycles. The van der Waals surface area contributed by atoms with E-state index in [4.69, 9.17) is 4.52 Å². The van der Waals surface area contributed by atoms with Crippen molar-refractivity contribution in [2.45, 2.75) is 32.7 Å². The summed E-state index contributed by atoms with van der Waals surface area (Å²) in [5.41, 5.74) is 1.05. The van der Waals surface area contributed by atoms with Crippen LogP contribution in [0.5, 0.6) is 0 Å². The highest BCUT2D eigenvalue weighted by Gasteiger charge is 2.15. The topological polar surface area (TPSA) is 80.1 Å². The van der Waals surface area contributed by atoms with Crippen LogP contribution in [0, 0.1) is 5.92 Å². The van der Waals surface area contributed by atoms with Crippen LogP contribution in [-0.4, -0.2) is 28.6 Å². The number of aromatic nitrogens is 2. The second-order valence-electron chi connectivity index (χ2n) is 6.65. The van der Waals surface area contributed by atoms with Gasteiger partial charge in [-0.15, -0.1) is 11.3 Å². The van der Waals surface area contributed by atoms with Gasteiger partial charge in [0.2, 0.25) is 17.6 Å². The summed E-state index contributed by atoms with van der Waals surface area (Å²) in [4.78, 5) is 17.5. The van der Waals surface area contributed by atoms with Crippen LogP contribution >= 0.6 is 11.3 Å². The molecule has 0 saturated carbocycles. The minimum Gasteiger partial charge on any atom is -0.380 e. The molecular formula is C20H24N4O2S. The zero-order valence-corrected chi connectivity index (χ0v) is 16.3. The number of thiophene rings is 1. The second-order valence-corrected chi connectivity index (χ2v) is 7.60. The average molecular weight is 385 g/mol. The first-order valence-corrected chi connectivity index (χ1v) is 9.94. The summed E-state index contributed by atoms with van der Waals surface area (Å²) in [6.07, 6.45) is 0.755. The lowest BCUT2D eigenvalue weighted by molar-refractivity contribution is -0.121. The van der Waals surface area contributed by atoms with Crippen molar-refractivity contribution in [2.75, 3.05) is 11.9 Å². The van der Waals surface area contributed by atoms with Gasteiger partial charge in [0, 0.05) is 31.1 Å². The molecule has 0 aliphatic rings. The van der Waals surface area contributed by atoms with Gasteiger partial charge in [0.05, 0.1) is 4.88 Å². The lowest BCUT2D eigenvalue weighted by Crippen LogP contribution is -2.39. The molecule has 1 atom stereocenters. The minimum atomic E-state index is -0.0219. The first kappa shape index (κ1) is 19.1. The zero-order chi connectivity index (χ0) is 19.1. The maximum Gasteiger partial charge on any atom is 0.227 e. The van der Waals surface area contributed by atoms with E-state index < -0.39 is 0 Å². The predicted molar refractivity (Wildman–Crippen MR) is 108 cm³/mol. The number of hydrogen-bond donors (Lipinski definition) is 2. The molecule has 2 N–H and O–H groups in total. The van der Waals surface area contributed by atoms with Crippen molar-refractivity contribution >= 4 is 22.9 Å². The molecule has 142 valence electrons. The van der Waals surface area contributed by atoms with E-state index in [1.807, 2.05) is 47.8 Å². The van der Waals surface area contributed by atoms with Crippen LogP contribution < -0.4 is 10.6 Å². The maximum absolute atomic E-state index is 12.2. The standard InChI is InChI=1S/C20H24N4O2S/c1-14(2)16(22-15-7-4-3-5-8-15)13-21-18(25)10-11-19-23-20(24-26-19)17-9-6-12-27-17/h3-9,12,14,16,22H,10-11,13H2,1-2H3,(H,21,25). The number of nitrogens with zero attached hydrogens (tertiary/aromatic N) is 2. The van der Waals surface area contributed by atoms with Crippen LogP contribution in [0.3, 0.4) is 0 Å². The summed E-state index contributed by atoms with van der Waals surface area (Å²) in [5.74, 6) is 1.42. The van der Waals surface area contributed by atoms with Gasteiger partial charge in [-0.25, -0.2) is 0 Å². The average Bonchev–Trinajstić information content (AvgIpc) is 3.35. The molecule has 6 nitrogen and oxygen atoms in total. The minimum absolute atomic E-state index is 0.0219. The number of anilines is 1. The largest absolute Gasteiger partial charge is 0.380 e. The number of rotatable bonds is 9. The molecule has 0 bridgehead atoms. The Balaban J connectivity index is 1.45. The van der Waals surface area contributed by atoms with E-state index in [1.165, 1.54) is 0 Å². The Bertz CT molecular complexity index is 831. The van der Waals surface area contributed by atoms with E-state index in [0.29, 0.717) is 37.0 Å². The molecule has 2 heterocycles. The van der Waals surface area contributed by atoms with Crippen LogP contribution in [0.1, 0.15) is 26.2 Å². The highest BCUT2D eigenvalue weighted by Crippen LogP contribution is 2.21. The fraction of sp³-hybridized carbons (Fsp3) is 0.350. The summed E-state index contributed by atoms with van der Waals surface area (Å²) in [6.45, 7) is 4.84. The van der Waals surface area contributed by atoms with E-state index in [2.05, 4.69) is 34.6 Å². The maximum atomic E-state index is 12.2. The summed E-state index contributed by atoms with van der Waals surface area (Å²) in [6, 6.07) is 14.1. The molecule has 3 aromatic rings. The van der Waals surface area contributed by atoms with Gasteiger partial charge >= 0.3 is 0 Å². The monoisotopic (exact) mass is 384 g/mol. The van der Waals surface area contributed by atoms with E-state index in [-0.39, 0.29) is 11.9 Å². The van der Waals surface area contributed by atoms with Gasteiger partial charge in [0.1, 0.15) is 0 Å². The number of carbonyl (C=O) groups excluding carboxylic acids is 1. The molecule has 3 rings (SSSR count). The smallest absolute Gasteiger partial charge is 0.227 e. The van der Waals surface area contributed by atoms with Gasteiger partial charge in [0.25, 0.3) is 0 Å². The Morgan fingerprint density at radius 2 is 2.00 bits per heavy atom. The van der Waals surface area contributed by atoms with E-state index in [9.17, 15) is 4.79 Å². The third kappa shape index (κ3) is 5.65. The normalized spacial score (nSPS) is 12.1. The van der Waals surface area contributed by atoms with Crippen molar-refractivity contribution in [3.05, 3.63) is 53.7 Å². The van der Waals surface area contributed by atoms with Crippen LogP contribution in [0.4, 0.5) is 5.69 Å². The molecule has 1 unspecified atom stereocenters. The van der Waals surface area contributed by atoms with E-state index in [0.717, 1.165) is 10.6 Å². The first-order chi connectivity index (χ1) is 13.1. The molecule has 0 aliphatic heterocycles. The third-order valence-electron chi connectivity index (χ3n) is 4.23. The van der Waals surface area contributed by atoms with Gasteiger partial charge in [-0.05, 0) is 29.5 Å². The molecular weight excluding hydrogens is 360 g/mol. The van der Waals surface area contributed by atoms with Crippen LogP contribution in [0.25, 0.3) is 10.7 Å². The zero-order valence-electron chi connectivity index (χ0n) is 15.5. The number of hydrogen-bond acceptors (Lipinski definition) is 6. The molecule has 0 radical (unpaired) electrons. The van der Waals surface area contributed by atoms with E-state index >= 15 is 0 Å². The SMILES string of the molecule is CC(C)C(CNC(=O)CCc1nc(-c2cccs2)no1)Nc1ccccc1. The molecule has 0 aliphatic carbocycles. The fourth-order valence-electron chi connectivity index (χ4n) is 2.60. The lowest BCUT2D eigenvalue weighted by atomic mass is 10.0.